The van der Waals surface area contributed by atoms with Crippen molar-refractivity contribution in [1.82, 2.24) is 19.3 Å². The van der Waals surface area contributed by atoms with Crippen molar-refractivity contribution < 1.29 is 18.7 Å². The van der Waals surface area contributed by atoms with Gasteiger partial charge in [-0.15, -0.1) is 0 Å². The van der Waals surface area contributed by atoms with Crippen molar-refractivity contribution in [3.8, 4) is 11.1 Å². The van der Waals surface area contributed by atoms with Crippen molar-refractivity contribution in [3.63, 3.8) is 0 Å². The number of carbonyl (C=O) groups is 1. The third kappa shape index (κ3) is 3.67. The summed E-state index contributed by atoms with van der Waals surface area (Å²) in [6.45, 7) is 0. The summed E-state index contributed by atoms with van der Waals surface area (Å²) in [6, 6.07) is 15.3. The van der Waals surface area contributed by atoms with E-state index in [2.05, 4.69) is 16.0 Å². The smallest absolute Gasteiger partial charge is 0.257 e. The van der Waals surface area contributed by atoms with E-state index in [9.17, 15) is 9.90 Å². The molecule has 0 radical (unpaired) electrons. The molecule has 2 aromatic carbocycles. The molecule has 6 nitrogen and oxygen atoms in total. The molecule has 2 aliphatic heterocycles. The Morgan fingerprint density at radius 1 is 1.00 bits per heavy atom. The highest BCUT2D eigenvalue weighted by molar-refractivity contribution is 5.96. The highest BCUT2D eigenvalue weighted by Crippen LogP contribution is 2.39. The average Bonchev–Trinajstić information content (AvgIpc) is 3.61. The molecule has 8 heteroatoms. The maximum atomic E-state index is 15.2. The molecule has 38 heavy (non-hydrogen) atoms. The summed E-state index contributed by atoms with van der Waals surface area (Å²) in [5.74, 6) is -1.58. The number of hydrogen-bond acceptors (Lipinski definition) is 4. The van der Waals surface area contributed by atoms with Crippen LogP contribution in [0.3, 0.4) is 0 Å². The number of benzene rings is 2. The summed E-state index contributed by atoms with van der Waals surface area (Å²) >= 11 is 0. The first kappa shape index (κ1) is 23.0. The van der Waals surface area contributed by atoms with Crippen LogP contribution in [0.1, 0.15) is 40.9 Å². The quantitative estimate of drug-likeness (QED) is 0.363. The van der Waals surface area contributed by atoms with Crippen molar-refractivity contribution in [2.75, 3.05) is 0 Å². The van der Waals surface area contributed by atoms with Gasteiger partial charge >= 0.3 is 0 Å². The third-order valence-electron chi connectivity index (χ3n) is 7.96. The monoisotopic (exact) mass is 510 g/mol. The second kappa shape index (κ2) is 8.70. The summed E-state index contributed by atoms with van der Waals surface area (Å²) in [5, 5.41) is 11.2. The molecule has 3 atom stereocenters. The van der Waals surface area contributed by atoms with Crippen LogP contribution >= 0.6 is 0 Å². The molecule has 1 amide bonds. The predicted molar refractivity (Wildman–Crippen MR) is 139 cm³/mol. The summed E-state index contributed by atoms with van der Waals surface area (Å²) in [7, 11) is 0. The number of aliphatic hydroxyl groups excluding tert-OH is 1. The number of pyridine rings is 2. The minimum atomic E-state index is -0.663. The number of fused-ring (bicyclic) bond motifs is 4. The van der Waals surface area contributed by atoms with Crippen molar-refractivity contribution in [1.29, 1.82) is 0 Å². The Labute approximate surface area is 217 Å². The van der Waals surface area contributed by atoms with Gasteiger partial charge < -0.3 is 14.4 Å². The number of nitrogens with zero attached hydrogens (tertiary/aromatic N) is 4. The highest BCUT2D eigenvalue weighted by Gasteiger charge is 2.48. The Balaban J connectivity index is 1.21. The van der Waals surface area contributed by atoms with Crippen LogP contribution in [0.25, 0.3) is 27.7 Å². The number of hydrogen-bond donors (Lipinski definition) is 1. The highest BCUT2D eigenvalue weighted by atomic mass is 19.1. The fraction of sp³-hybridized carbons (Fsp3) is 0.233. The minimum absolute atomic E-state index is 0.0320. The number of imidazole rings is 1. The fourth-order valence-corrected chi connectivity index (χ4v) is 6.11. The molecule has 0 spiro atoms. The van der Waals surface area contributed by atoms with Gasteiger partial charge in [-0.25, -0.2) is 13.8 Å². The molecule has 3 aromatic heterocycles. The van der Waals surface area contributed by atoms with Gasteiger partial charge in [-0.2, -0.15) is 0 Å². The topological polar surface area (TPSA) is 70.7 Å². The molecular weight excluding hydrogens is 486 g/mol. The maximum absolute atomic E-state index is 15.2. The third-order valence-corrected chi connectivity index (χ3v) is 7.96. The van der Waals surface area contributed by atoms with Crippen LogP contribution in [0.4, 0.5) is 8.78 Å². The number of aliphatic hydroxyl groups is 1. The molecule has 190 valence electrons. The largest absolute Gasteiger partial charge is 0.391 e. The molecule has 0 saturated carbocycles. The molecule has 1 N–H and O–H groups in total. The van der Waals surface area contributed by atoms with Gasteiger partial charge in [0.05, 0.1) is 23.2 Å². The molecule has 7 rings (SSSR count). The lowest BCUT2D eigenvalue weighted by molar-refractivity contribution is 0.0660. The Morgan fingerprint density at radius 3 is 2.66 bits per heavy atom. The summed E-state index contributed by atoms with van der Waals surface area (Å²) in [4.78, 5) is 23.4. The number of aromatic nitrogens is 3. The first-order valence-corrected chi connectivity index (χ1v) is 12.8. The van der Waals surface area contributed by atoms with E-state index in [0.29, 0.717) is 24.0 Å². The van der Waals surface area contributed by atoms with E-state index in [1.807, 2.05) is 24.3 Å². The van der Waals surface area contributed by atoms with Crippen molar-refractivity contribution >= 4 is 22.5 Å². The van der Waals surface area contributed by atoms with Crippen LogP contribution in [0.15, 0.2) is 73.2 Å². The number of amides is 1. The second-order valence-electron chi connectivity index (χ2n) is 10.2. The van der Waals surface area contributed by atoms with E-state index in [1.54, 1.807) is 34.0 Å². The van der Waals surface area contributed by atoms with Crippen molar-refractivity contribution in [3.05, 3.63) is 102 Å². The lowest BCUT2D eigenvalue weighted by Crippen LogP contribution is -2.38. The Kier molecular flexibility index (Phi) is 5.26. The van der Waals surface area contributed by atoms with E-state index in [1.165, 1.54) is 18.2 Å². The van der Waals surface area contributed by atoms with E-state index >= 15 is 8.78 Å². The summed E-state index contributed by atoms with van der Waals surface area (Å²) < 4.78 is 32.0. The molecule has 2 saturated heterocycles. The first-order valence-electron chi connectivity index (χ1n) is 12.8. The van der Waals surface area contributed by atoms with Crippen LogP contribution in [0, 0.1) is 11.6 Å². The van der Waals surface area contributed by atoms with E-state index in [-0.39, 0.29) is 23.3 Å². The molecule has 5 heterocycles. The van der Waals surface area contributed by atoms with Crippen LogP contribution in [0.2, 0.25) is 0 Å². The van der Waals surface area contributed by atoms with Crippen LogP contribution in [0.5, 0.6) is 0 Å². The standard InChI is InChI=1S/C30H24F2N4O2/c31-24-12-18(4-6-23(24)30(38)36-21-5-8-27(36)28(37)14-21)20-13-25(32)29-34-15-22(35(29)16-20)11-17-3-7-26-19(10-17)2-1-9-33-26/h1-4,6-7,9-10,12-13,15-16,21,27-28,37H,5,8,11,14H2/t21-,27-,28+/m0/s1. The second-order valence-corrected chi connectivity index (χ2v) is 10.2. The van der Waals surface area contributed by atoms with Gasteiger partial charge in [0.2, 0.25) is 0 Å². The molecule has 2 aliphatic rings. The van der Waals surface area contributed by atoms with Gasteiger partial charge in [-0.3, -0.25) is 9.78 Å². The van der Waals surface area contributed by atoms with Gasteiger partial charge in [0.15, 0.2) is 11.5 Å². The molecule has 0 aliphatic carbocycles. The number of halogens is 2. The minimum Gasteiger partial charge on any atom is -0.391 e. The van der Waals surface area contributed by atoms with Gasteiger partial charge in [0.25, 0.3) is 5.91 Å². The normalized spacial score (nSPS) is 20.6. The first-order chi connectivity index (χ1) is 18.5. The molecule has 0 unspecified atom stereocenters. The Hall–Kier alpha value is -4.17. The molecule has 5 aromatic rings. The molecule has 2 bridgehead atoms. The number of rotatable bonds is 4. The van der Waals surface area contributed by atoms with Crippen LogP contribution in [-0.2, 0) is 6.42 Å². The van der Waals surface area contributed by atoms with Gasteiger partial charge in [-0.05, 0) is 66.8 Å². The van der Waals surface area contributed by atoms with Gasteiger partial charge in [0.1, 0.15) is 5.82 Å². The van der Waals surface area contributed by atoms with Gasteiger partial charge in [0, 0.05) is 47.7 Å². The molecule has 2 fully saturated rings. The summed E-state index contributed by atoms with van der Waals surface area (Å²) in [6.07, 6.45) is 7.23. The van der Waals surface area contributed by atoms with E-state index < -0.39 is 23.6 Å². The zero-order chi connectivity index (χ0) is 26.0. The fourth-order valence-electron chi connectivity index (χ4n) is 6.11. The predicted octanol–water partition coefficient (Wildman–Crippen LogP) is 5.16. The van der Waals surface area contributed by atoms with Crippen LogP contribution in [-0.4, -0.2) is 48.5 Å². The lowest BCUT2D eigenvalue weighted by atomic mass is 9.98. The van der Waals surface area contributed by atoms with Crippen LogP contribution < -0.4 is 0 Å². The van der Waals surface area contributed by atoms with E-state index in [4.69, 9.17) is 0 Å². The summed E-state index contributed by atoms with van der Waals surface area (Å²) in [5.41, 5.74) is 3.83. The number of carbonyl (C=O) groups excluding carboxylic acids is 1. The van der Waals surface area contributed by atoms with E-state index in [0.717, 1.165) is 35.0 Å². The maximum Gasteiger partial charge on any atom is 0.257 e. The Bertz CT molecular complexity index is 1730. The van der Waals surface area contributed by atoms with Gasteiger partial charge in [-0.1, -0.05) is 18.2 Å². The Morgan fingerprint density at radius 2 is 1.87 bits per heavy atom. The zero-order valence-corrected chi connectivity index (χ0v) is 20.4. The lowest BCUT2D eigenvalue weighted by Gasteiger charge is -2.23. The van der Waals surface area contributed by atoms with Crippen molar-refractivity contribution in [2.24, 2.45) is 0 Å². The SMILES string of the molecule is O=C(c1ccc(-c2cc(F)c3ncc(Cc4ccc5ncccc5c4)n3c2)cc1F)N1[C@H]2CC[C@H]1[C@H](O)C2. The zero-order valence-electron chi connectivity index (χ0n) is 20.4. The molecular formula is C30H24F2N4O2. The van der Waals surface area contributed by atoms with Crippen molar-refractivity contribution in [2.45, 2.75) is 43.9 Å². The average molecular weight is 511 g/mol.